The van der Waals surface area contributed by atoms with E-state index in [-0.39, 0.29) is 16.7 Å². The minimum atomic E-state index is -0.341. The SMILES string of the molecule is Cc1cc(C)c([N+](=O)[O-])cc1NCC1CCCO1. The van der Waals surface area contributed by atoms with E-state index in [1.165, 1.54) is 0 Å². The van der Waals surface area contributed by atoms with Gasteiger partial charge in [0.05, 0.1) is 11.0 Å². The highest BCUT2D eigenvalue weighted by molar-refractivity contribution is 5.60. The van der Waals surface area contributed by atoms with Gasteiger partial charge in [0.1, 0.15) is 0 Å². The van der Waals surface area contributed by atoms with Gasteiger partial charge in [0, 0.05) is 30.5 Å². The van der Waals surface area contributed by atoms with E-state index in [1.807, 2.05) is 13.0 Å². The van der Waals surface area contributed by atoms with Crippen molar-refractivity contribution >= 4 is 11.4 Å². The van der Waals surface area contributed by atoms with Crippen molar-refractivity contribution in [1.82, 2.24) is 0 Å². The minimum absolute atomic E-state index is 0.162. The van der Waals surface area contributed by atoms with Crippen molar-refractivity contribution in [3.05, 3.63) is 33.4 Å². The van der Waals surface area contributed by atoms with Crippen LogP contribution in [0, 0.1) is 24.0 Å². The Morgan fingerprint density at radius 3 is 2.83 bits per heavy atom. The number of nitrogens with zero attached hydrogens (tertiary/aromatic N) is 1. The molecule has 1 fully saturated rings. The fourth-order valence-corrected chi connectivity index (χ4v) is 2.26. The van der Waals surface area contributed by atoms with Gasteiger partial charge in [0.15, 0.2) is 0 Å². The Kier molecular flexibility index (Phi) is 3.81. The number of benzene rings is 1. The molecule has 2 rings (SSSR count). The lowest BCUT2D eigenvalue weighted by atomic mass is 10.1. The molecule has 98 valence electrons. The van der Waals surface area contributed by atoms with Crippen molar-refractivity contribution < 1.29 is 9.66 Å². The Hall–Kier alpha value is -1.62. The lowest BCUT2D eigenvalue weighted by Gasteiger charge is -2.14. The normalized spacial score (nSPS) is 18.9. The summed E-state index contributed by atoms with van der Waals surface area (Å²) in [7, 11) is 0. The standard InChI is InChI=1S/C13H18N2O3/c1-9-6-10(2)13(15(16)17)7-12(9)14-8-11-4-3-5-18-11/h6-7,11,14H,3-5,8H2,1-2H3. The molecule has 0 bridgehead atoms. The number of rotatable bonds is 4. The largest absolute Gasteiger partial charge is 0.382 e. The number of nitro benzene ring substituents is 1. The van der Waals surface area contributed by atoms with Crippen LogP contribution in [0.25, 0.3) is 0 Å². The van der Waals surface area contributed by atoms with Gasteiger partial charge in [-0.25, -0.2) is 0 Å². The summed E-state index contributed by atoms with van der Waals surface area (Å²) >= 11 is 0. The average Bonchev–Trinajstić information content (AvgIpc) is 2.80. The first-order chi connectivity index (χ1) is 8.58. The Morgan fingerprint density at radius 1 is 1.44 bits per heavy atom. The summed E-state index contributed by atoms with van der Waals surface area (Å²) in [5.41, 5.74) is 2.70. The molecule has 1 saturated heterocycles. The molecule has 5 heteroatoms. The fourth-order valence-electron chi connectivity index (χ4n) is 2.26. The van der Waals surface area contributed by atoms with Gasteiger partial charge in [-0.05, 0) is 38.3 Å². The van der Waals surface area contributed by atoms with E-state index in [0.29, 0.717) is 12.1 Å². The van der Waals surface area contributed by atoms with Gasteiger partial charge in [-0.2, -0.15) is 0 Å². The first kappa shape index (κ1) is 12.8. The third-order valence-electron chi connectivity index (χ3n) is 3.28. The predicted molar refractivity (Wildman–Crippen MR) is 70.0 cm³/mol. The smallest absolute Gasteiger partial charge is 0.274 e. The maximum Gasteiger partial charge on any atom is 0.274 e. The van der Waals surface area contributed by atoms with Gasteiger partial charge >= 0.3 is 0 Å². The summed E-state index contributed by atoms with van der Waals surface area (Å²) in [6, 6.07) is 3.45. The summed E-state index contributed by atoms with van der Waals surface area (Å²) in [5.74, 6) is 0. The maximum atomic E-state index is 10.9. The summed E-state index contributed by atoms with van der Waals surface area (Å²) in [6.07, 6.45) is 2.38. The zero-order valence-electron chi connectivity index (χ0n) is 10.7. The minimum Gasteiger partial charge on any atom is -0.382 e. The number of ether oxygens (including phenoxy) is 1. The molecule has 0 saturated carbocycles. The number of hydrogen-bond acceptors (Lipinski definition) is 4. The number of aryl methyl sites for hydroxylation is 2. The molecule has 1 aromatic carbocycles. The topological polar surface area (TPSA) is 64.4 Å². The molecule has 0 aliphatic carbocycles. The van der Waals surface area contributed by atoms with Crippen LogP contribution in [-0.4, -0.2) is 24.2 Å². The van der Waals surface area contributed by atoms with E-state index in [9.17, 15) is 10.1 Å². The molecular weight excluding hydrogens is 232 g/mol. The van der Waals surface area contributed by atoms with Gasteiger partial charge in [-0.1, -0.05) is 0 Å². The highest BCUT2D eigenvalue weighted by Gasteiger charge is 2.17. The molecule has 1 atom stereocenters. The molecule has 0 spiro atoms. The first-order valence-electron chi connectivity index (χ1n) is 6.19. The summed E-state index contributed by atoms with van der Waals surface area (Å²) in [6.45, 7) is 5.24. The van der Waals surface area contributed by atoms with Crippen LogP contribution >= 0.6 is 0 Å². The van der Waals surface area contributed by atoms with Gasteiger partial charge in [0.25, 0.3) is 5.69 Å². The number of nitrogens with one attached hydrogen (secondary N) is 1. The molecule has 1 heterocycles. The van der Waals surface area contributed by atoms with Crippen molar-refractivity contribution in [2.45, 2.75) is 32.8 Å². The van der Waals surface area contributed by atoms with Crippen LogP contribution < -0.4 is 5.32 Å². The zero-order valence-corrected chi connectivity index (χ0v) is 10.7. The predicted octanol–water partition coefficient (Wildman–Crippen LogP) is 2.80. The second kappa shape index (κ2) is 5.35. The molecule has 0 aromatic heterocycles. The van der Waals surface area contributed by atoms with Crippen LogP contribution in [0.4, 0.5) is 11.4 Å². The maximum absolute atomic E-state index is 10.9. The highest BCUT2D eigenvalue weighted by Crippen LogP contribution is 2.26. The highest BCUT2D eigenvalue weighted by atomic mass is 16.6. The molecule has 1 N–H and O–H groups in total. The molecule has 18 heavy (non-hydrogen) atoms. The monoisotopic (exact) mass is 250 g/mol. The summed E-state index contributed by atoms with van der Waals surface area (Å²) in [5, 5.41) is 14.1. The van der Waals surface area contributed by atoms with E-state index in [2.05, 4.69) is 5.32 Å². The molecule has 1 aromatic rings. The molecule has 0 radical (unpaired) electrons. The molecule has 0 amide bonds. The van der Waals surface area contributed by atoms with Crippen LogP contribution in [0.1, 0.15) is 24.0 Å². The molecule has 5 nitrogen and oxygen atoms in total. The van der Waals surface area contributed by atoms with Gasteiger partial charge in [0.2, 0.25) is 0 Å². The number of anilines is 1. The zero-order chi connectivity index (χ0) is 13.1. The average molecular weight is 250 g/mol. The van der Waals surface area contributed by atoms with Gasteiger partial charge in [-0.3, -0.25) is 10.1 Å². The Bertz CT molecular complexity index is 454. The van der Waals surface area contributed by atoms with Crippen molar-refractivity contribution in [2.24, 2.45) is 0 Å². The molecule has 1 unspecified atom stereocenters. The fraction of sp³-hybridized carbons (Fsp3) is 0.538. The lowest BCUT2D eigenvalue weighted by Crippen LogP contribution is -2.18. The number of hydrogen-bond donors (Lipinski definition) is 1. The Balaban J connectivity index is 2.11. The summed E-state index contributed by atoms with van der Waals surface area (Å²) in [4.78, 5) is 10.6. The van der Waals surface area contributed by atoms with Crippen molar-refractivity contribution in [3.63, 3.8) is 0 Å². The van der Waals surface area contributed by atoms with E-state index in [4.69, 9.17) is 4.74 Å². The van der Waals surface area contributed by atoms with Crippen LogP contribution in [-0.2, 0) is 4.74 Å². The lowest BCUT2D eigenvalue weighted by molar-refractivity contribution is -0.385. The van der Waals surface area contributed by atoms with Gasteiger partial charge < -0.3 is 10.1 Å². The van der Waals surface area contributed by atoms with Crippen molar-refractivity contribution in [3.8, 4) is 0 Å². The molecule has 1 aliphatic rings. The van der Waals surface area contributed by atoms with Gasteiger partial charge in [-0.15, -0.1) is 0 Å². The number of nitro groups is 1. The second-order valence-corrected chi connectivity index (χ2v) is 4.73. The first-order valence-corrected chi connectivity index (χ1v) is 6.19. The van der Waals surface area contributed by atoms with Crippen molar-refractivity contribution in [2.75, 3.05) is 18.5 Å². The van der Waals surface area contributed by atoms with Crippen LogP contribution in [0.5, 0.6) is 0 Å². The third kappa shape index (κ3) is 2.79. The third-order valence-corrected chi connectivity index (χ3v) is 3.28. The Labute approximate surface area is 106 Å². The quantitative estimate of drug-likeness (QED) is 0.659. The van der Waals surface area contributed by atoms with Crippen LogP contribution in [0.15, 0.2) is 12.1 Å². The van der Waals surface area contributed by atoms with E-state index >= 15 is 0 Å². The molecule has 1 aliphatic heterocycles. The van der Waals surface area contributed by atoms with E-state index < -0.39 is 0 Å². The van der Waals surface area contributed by atoms with Crippen molar-refractivity contribution in [1.29, 1.82) is 0 Å². The van der Waals surface area contributed by atoms with E-state index in [0.717, 1.165) is 30.7 Å². The summed E-state index contributed by atoms with van der Waals surface area (Å²) < 4.78 is 5.52. The Morgan fingerprint density at radius 2 is 2.22 bits per heavy atom. The second-order valence-electron chi connectivity index (χ2n) is 4.73. The van der Waals surface area contributed by atoms with E-state index in [1.54, 1.807) is 13.0 Å². The molecular formula is C13H18N2O3. The van der Waals surface area contributed by atoms with Crippen LogP contribution in [0.2, 0.25) is 0 Å². The van der Waals surface area contributed by atoms with Crippen LogP contribution in [0.3, 0.4) is 0 Å².